The van der Waals surface area contributed by atoms with Gasteiger partial charge in [-0.05, 0) is 12.3 Å². The second-order valence-electron chi connectivity index (χ2n) is 5.75. The molecule has 2 amide bonds. The predicted molar refractivity (Wildman–Crippen MR) is 77.0 cm³/mol. The summed E-state index contributed by atoms with van der Waals surface area (Å²) in [6, 6.07) is 0. The third-order valence-corrected chi connectivity index (χ3v) is 5.11. The first-order valence-electron chi connectivity index (χ1n) is 7.15. The minimum atomic E-state index is -0.162. The standard InChI is InChI=1S/C13H18N4O3S/c1-8-5-17(6-9(8)12-14-15-13(20)21-12)11(19)7-16-4-2-3-10(16)18/h8-9H,2-7H2,1H3,(H,15,20)/t8-,9+/m1/s1. The summed E-state index contributed by atoms with van der Waals surface area (Å²) < 4.78 is 0. The molecule has 8 heteroatoms. The normalized spacial score (nSPS) is 25.9. The average Bonchev–Trinajstić information content (AvgIpc) is 3.12. The number of nitrogens with zero attached hydrogens (tertiary/aromatic N) is 3. The lowest BCUT2D eigenvalue weighted by atomic mass is 9.99. The number of likely N-dealkylation sites (tertiary alicyclic amines) is 2. The molecule has 3 rings (SSSR count). The van der Waals surface area contributed by atoms with E-state index in [2.05, 4.69) is 17.1 Å². The average molecular weight is 310 g/mol. The van der Waals surface area contributed by atoms with E-state index in [1.807, 2.05) is 0 Å². The van der Waals surface area contributed by atoms with Crippen LogP contribution in [0.4, 0.5) is 0 Å². The monoisotopic (exact) mass is 310 g/mol. The lowest BCUT2D eigenvalue weighted by molar-refractivity contribution is -0.137. The van der Waals surface area contributed by atoms with Crippen LogP contribution < -0.4 is 4.87 Å². The minimum Gasteiger partial charge on any atom is -0.340 e. The Morgan fingerprint density at radius 1 is 1.43 bits per heavy atom. The maximum atomic E-state index is 12.3. The van der Waals surface area contributed by atoms with E-state index in [4.69, 9.17) is 0 Å². The molecule has 21 heavy (non-hydrogen) atoms. The topological polar surface area (TPSA) is 86.4 Å². The number of H-pyrrole nitrogens is 1. The first-order valence-corrected chi connectivity index (χ1v) is 7.97. The quantitative estimate of drug-likeness (QED) is 0.852. The Balaban J connectivity index is 1.63. The van der Waals surface area contributed by atoms with Gasteiger partial charge in [0.25, 0.3) is 0 Å². The van der Waals surface area contributed by atoms with Crippen LogP contribution >= 0.6 is 11.3 Å². The van der Waals surface area contributed by atoms with E-state index in [1.165, 1.54) is 0 Å². The Morgan fingerprint density at radius 3 is 2.86 bits per heavy atom. The Labute approximate surface area is 125 Å². The van der Waals surface area contributed by atoms with Gasteiger partial charge in [-0.3, -0.25) is 14.4 Å². The van der Waals surface area contributed by atoms with E-state index in [-0.39, 0.29) is 35.1 Å². The molecule has 0 aromatic carbocycles. The number of nitrogens with one attached hydrogen (secondary N) is 1. The van der Waals surface area contributed by atoms with E-state index in [0.29, 0.717) is 26.1 Å². The highest BCUT2D eigenvalue weighted by atomic mass is 32.1. The van der Waals surface area contributed by atoms with Crippen molar-refractivity contribution in [2.45, 2.75) is 25.7 Å². The number of hydrogen-bond acceptors (Lipinski definition) is 5. The van der Waals surface area contributed by atoms with Gasteiger partial charge >= 0.3 is 4.87 Å². The van der Waals surface area contributed by atoms with E-state index in [0.717, 1.165) is 22.8 Å². The van der Waals surface area contributed by atoms with Gasteiger partial charge in [-0.2, -0.15) is 5.10 Å². The SMILES string of the molecule is C[C@@H]1CN(C(=O)CN2CCCC2=O)C[C@@H]1c1n[nH]c(=O)s1. The van der Waals surface area contributed by atoms with Crippen molar-refractivity contribution in [2.75, 3.05) is 26.2 Å². The van der Waals surface area contributed by atoms with Crippen molar-refractivity contribution in [1.82, 2.24) is 20.0 Å². The Bertz CT molecular complexity index is 611. The van der Waals surface area contributed by atoms with Gasteiger partial charge in [0.1, 0.15) is 5.01 Å². The molecule has 2 atom stereocenters. The molecule has 0 unspecified atom stereocenters. The van der Waals surface area contributed by atoms with Crippen molar-refractivity contribution in [3.8, 4) is 0 Å². The second kappa shape index (κ2) is 5.59. The van der Waals surface area contributed by atoms with Crippen LogP contribution in [0.25, 0.3) is 0 Å². The fourth-order valence-corrected chi connectivity index (χ4v) is 3.86. The third-order valence-electron chi connectivity index (χ3n) is 4.23. The predicted octanol–water partition coefficient (Wildman–Crippen LogP) is 0.0157. The summed E-state index contributed by atoms with van der Waals surface area (Å²) in [5, 5.41) is 7.23. The molecule has 0 aliphatic carbocycles. The number of aromatic nitrogens is 2. The molecule has 114 valence electrons. The molecule has 2 aliphatic rings. The second-order valence-corrected chi connectivity index (χ2v) is 6.75. The molecule has 0 bridgehead atoms. The van der Waals surface area contributed by atoms with E-state index in [1.54, 1.807) is 9.80 Å². The van der Waals surface area contributed by atoms with E-state index in [9.17, 15) is 14.4 Å². The van der Waals surface area contributed by atoms with Crippen molar-refractivity contribution in [3.63, 3.8) is 0 Å². The molecular weight excluding hydrogens is 292 g/mol. The van der Waals surface area contributed by atoms with Gasteiger partial charge in [-0.25, -0.2) is 5.10 Å². The number of amides is 2. The van der Waals surface area contributed by atoms with Crippen LogP contribution in [0.5, 0.6) is 0 Å². The van der Waals surface area contributed by atoms with Crippen molar-refractivity contribution in [2.24, 2.45) is 5.92 Å². The zero-order valence-electron chi connectivity index (χ0n) is 11.9. The lowest BCUT2D eigenvalue weighted by Gasteiger charge is -2.21. The van der Waals surface area contributed by atoms with Crippen molar-refractivity contribution in [1.29, 1.82) is 0 Å². The summed E-state index contributed by atoms with van der Waals surface area (Å²) in [6.45, 7) is 4.14. The summed E-state index contributed by atoms with van der Waals surface area (Å²) in [6.07, 6.45) is 1.39. The first kappa shape index (κ1) is 14.2. The summed E-state index contributed by atoms with van der Waals surface area (Å²) in [7, 11) is 0. The molecule has 0 spiro atoms. The summed E-state index contributed by atoms with van der Waals surface area (Å²) in [5.74, 6) is 0.425. The van der Waals surface area contributed by atoms with Crippen LogP contribution in [0.1, 0.15) is 30.7 Å². The highest BCUT2D eigenvalue weighted by Gasteiger charge is 2.36. The number of aromatic amines is 1. The van der Waals surface area contributed by atoms with Gasteiger partial charge in [-0.15, -0.1) is 0 Å². The van der Waals surface area contributed by atoms with Crippen LogP contribution in [0.3, 0.4) is 0 Å². The van der Waals surface area contributed by atoms with Crippen LogP contribution in [0.2, 0.25) is 0 Å². The molecule has 3 heterocycles. The number of rotatable bonds is 3. The minimum absolute atomic E-state index is 0.0116. The number of carbonyl (C=O) groups excluding carboxylic acids is 2. The first-order chi connectivity index (χ1) is 10.0. The molecule has 1 aromatic rings. The van der Waals surface area contributed by atoms with Crippen LogP contribution in [-0.4, -0.2) is 58.0 Å². The van der Waals surface area contributed by atoms with E-state index >= 15 is 0 Å². The molecule has 2 aliphatic heterocycles. The molecule has 1 N–H and O–H groups in total. The molecular formula is C13H18N4O3S. The molecule has 2 saturated heterocycles. The van der Waals surface area contributed by atoms with Crippen LogP contribution in [0, 0.1) is 5.92 Å². The van der Waals surface area contributed by atoms with Crippen LogP contribution in [-0.2, 0) is 9.59 Å². The highest BCUT2D eigenvalue weighted by Crippen LogP contribution is 2.32. The molecule has 2 fully saturated rings. The zero-order valence-corrected chi connectivity index (χ0v) is 12.7. The van der Waals surface area contributed by atoms with Crippen molar-refractivity contribution < 1.29 is 9.59 Å². The zero-order chi connectivity index (χ0) is 15.0. The Morgan fingerprint density at radius 2 is 2.24 bits per heavy atom. The maximum Gasteiger partial charge on any atom is 0.322 e. The highest BCUT2D eigenvalue weighted by molar-refractivity contribution is 7.08. The maximum absolute atomic E-state index is 12.3. The summed E-state index contributed by atoms with van der Waals surface area (Å²) in [4.78, 5) is 38.4. The Kier molecular flexibility index (Phi) is 3.79. The van der Waals surface area contributed by atoms with Gasteiger partial charge in [-0.1, -0.05) is 18.3 Å². The summed E-state index contributed by atoms with van der Waals surface area (Å²) in [5.41, 5.74) is 0. The number of carbonyl (C=O) groups is 2. The third kappa shape index (κ3) is 2.85. The molecule has 0 radical (unpaired) electrons. The molecule has 1 aromatic heterocycles. The van der Waals surface area contributed by atoms with Crippen molar-refractivity contribution >= 4 is 23.2 Å². The molecule has 0 saturated carbocycles. The largest absolute Gasteiger partial charge is 0.340 e. The lowest BCUT2D eigenvalue weighted by Crippen LogP contribution is -2.39. The van der Waals surface area contributed by atoms with Crippen LogP contribution in [0.15, 0.2) is 4.79 Å². The molecule has 7 nitrogen and oxygen atoms in total. The van der Waals surface area contributed by atoms with E-state index < -0.39 is 0 Å². The van der Waals surface area contributed by atoms with Gasteiger partial charge < -0.3 is 9.80 Å². The van der Waals surface area contributed by atoms with Gasteiger partial charge in [0.2, 0.25) is 11.8 Å². The van der Waals surface area contributed by atoms with Gasteiger partial charge in [0.15, 0.2) is 0 Å². The fraction of sp³-hybridized carbons (Fsp3) is 0.692. The van der Waals surface area contributed by atoms with Crippen molar-refractivity contribution in [3.05, 3.63) is 14.7 Å². The smallest absolute Gasteiger partial charge is 0.322 e. The summed E-state index contributed by atoms with van der Waals surface area (Å²) >= 11 is 1.11. The van der Waals surface area contributed by atoms with Gasteiger partial charge in [0, 0.05) is 32.0 Å². The van der Waals surface area contributed by atoms with Gasteiger partial charge in [0.05, 0.1) is 6.54 Å². The fourth-order valence-electron chi connectivity index (χ4n) is 3.03. The number of hydrogen-bond donors (Lipinski definition) is 1. The Hall–Kier alpha value is -1.70.